The molecule has 37 heavy (non-hydrogen) atoms. The van der Waals surface area contributed by atoms with Gasteiger partial charge in [-0.3, -0.25) is 4.79 Å². The number of rotatable bonds is 12. The molecule has 1 saturated heterocycles. The van der Waals surface area contributed by atoms with Crippen LogP contribution in [0.5, 0.6) is 0 Å². The fraction of sp³-hybridized carbons (Fsp3) is 0.367. The van der Waals surface area contributed by atoms with Gasteiger partial charge in [0.2, 0.25) is 0 Å². The highest BCUT2D eigenvalue weighted by Gasteiger charge is 2.49. The van der Waals surface area contributed by atoms with Crippen molar-refractivity contribution >= 4 is 5.97 Å². The van der Waals surface area contributed by atoms with Crippen LogP contribution >= 0.6 is 0 Å². The summed E-state index contributed by atoms with van der Waals surface area (Å²) in [6.07, 6.45) is -3.11. The SMILES string of the molecule is CO[C@H]1O[C@H](COC(C)=O)[C@@H](OCc2ccccc2)[C@H](OCc2ccccc2)[C@H]1OCc1ccccc1. The smallest absolute Gasteiger partial charge is 0.302 e. The number of carbonyl (C=O) groups is 1. The lowest BCUT2D eigenvalue weighted by molar-refractivity contribution is -0.321. The van der Waals surface area contributed by atoms with Crippen LogP contribution in [0.2, 0.25) is 0 Å². The molecule has 1 aliphatic rings. The largest absolute Gasteiger partial charge is 0.463 e. The molecule has 3 aromatic carbocycles. The third-order valence-electron chi connectivity index (χ3n) is 6.13. The Kier molecular flexibility index (Phi) is 10.2. The van der Waals surface area contributed by atoms with Gasteiger partial charge in [0.25, 0.3) is 0 Å². The number of methoxy groups -OCH3 is 1. The molecule has 3 aromatic rings. The third kappa shape index (κ3) is 7.95. The molecule has 0 saturated carbocycles. The molecule has 0 unspecified atom stereocenters. The highest BCUT2D eigenvalue weighted by Crippen LogP contribution is 2.31. The first-order valence-electron chi connectivity index (χ1n) is 12.4. The predicted octanol–water partition coefficient (Wildman–Crippen LogP) is 4.68. The van der Waals surface area contributed by atoms with Gasteiger partial charge in [0.05, 0.1) is 19.8 Å². The Hall–Kier alpha value is -3.07. The highest BCUT2D eigenvalue weighted by molar-refractivity contribution is 5.65. The van der Waals surface area contributed by atoms with Crippen LogP contribution in [0.3, 0.4) is 0 Å². The zero-order valence-corrected chi connectivity index (χ0v) is 21.2. The monoisotopic (exact) mass is 506 g/mol. The summed E-state index contributed by atoms with van der Waals surface area (Å²) in [4.78, 5) is 11.6. The first kappa shape index (κ1) is 27.0. The van der Waals surface area contributed by atoms with Gasteiger partial charge in [0, 0.05) is 14.0 Å². The van der Waals surface area contributed by atoms with Crippen molar-refractivity contribution in [3.8, 4) is 0 Å². The van der Waals surface area contributed by atoms with Gasteiger partial charge >= 0.3 is 5.97 Å². The maximum Gasteiger partial charge on any atom is 0.302 e. The van der Waals surface area contributed by atoms with Crippen molar-refractivity contribution in [2.75, 3.05) is 13.7 Å². The molecule has 1 aliphatic heterocycles. The van der Waals surface area contributed by atoms with Crippen molar-refractivity contribution in [1.29, 1.82) is 0 Å². The van der Waals surface area contributed by atoms with Crippen LogP contribution in [-0.4, -0.2) is 50.4 Å². The van der Waals surface area contributed by atoms with Crippen molar-refractivity contribution in [2.24, 2.45) is 0 Å². The first-order chi connectivity index (χ1) is 18.1. The first-order valence-corrected chi connectivity index (χ1v) is 12.4. The number of hydrogen-bond donors (Lipinski definition) is 0. The van der Waals surface area contributed by atoms with E-state index in [1.165, 1.54) is 6.92 Å². The Morgan fingerprint density at radius 3 is 1.54 bits per heavy atom. The van der Waals surface area contributed by atoms with Gasteiger partial charge in [-0.2, -0.15) is 0 Å². The second-order valence-corrected chi connectivity index (χ2v) is 8.86. The van der Waals surface area contributed by atoms with Crippen LogP contribution in [0, 0.1) is 0 Å². The molecular weight excluding hydrogens is 472 g/mol. The minimum Gasteiger partial charge on any atom is -0.463 e. The predicted molar refractivity (Wildman–Crippen MR) is 137 cm³/mol. The van der Waals surface area contributed by atoms with E-state index in [0.29, 0.717) is 19.8 Å². The molecular formula is C30H34O7. The molecule has 0 spiro atoms. The van der Waals surface area contributed by atoms with E-state index in [1.807, 2.05) is 91.0 Å². The van der Waals surface area contributed by atoms with E-state index >= 15 is 0 Å². The summed E-state index contributed by atoms with van der Waals surface area (Å²) >= 11 is 0. The Morgan fingerprint density at radius 2 is 1.11 bits per heavy atom. The van der Waals surface area contributed by atoms with E-state index in [1.54, 1.807) is 7.11 Å². The molecule has 1 fully saturated rings. The van der Waals surface area contributed by atoms with E-state index in [-0.39, 0.29) is 6.61 Å². The van der Waals surface area contributed by atoms with E-state index in [9.17, 15) is 4.79 Å². The molecule has 0 bridgehead atoms. The summed E-state index contributed by atoms with van der Waals surface area (Å²) in [6.45, 7) is 2.40. The average Bonchev–Trinajstić information content (AvgIpc) is 2.94. The molecule has 1 heterocycles. The van der Waals surface area contributed by atoms with Crippen molar-refractivity contribution in [3.63, 3.8) is 0 Å². The van der Waals surface area contributed by atoms with E-state index < -0.39 is 36.7 Å². The van der Waals surface area contributed by atoms with Crippen LogP contribution in [0.15, 0.2) is 91.0 Å². The van der Waals surface area contributed by atoms with Gasteiger partial charge in [-0.05, 0) is 16.7 Å². The molecule has 7 heteroatoms. The lowest BCUT2D eigenvalue weighted by atomic mass is 9.98. The maximum atomic E-state index is 11.6. The standard InChI is InChI=1S/C30H34O7/c1-22(31)33-21-26-27(34-18-23-12-6-3-7-13-23)28(35-19-24-14-8-4-9-15-24)29(30(32-2)37-26)36-20-25-16-10-5-11-17-25/h3-17,26-30H,18-21H2,1-2H3/t26-,27-,28+,29-,30+/m1/s1. The van der Waals surface area contributed by atoms with Gasteiger partial charge in [-0.15, -0.1) is 0 Å². The van der Waals surface area contributed by atoms with Gasteiger partial charge in [-0.1, -0.05) is 91.0 Å². The fourth-order valence-corrected chi connectivity index (χ4v) is 4.27. The fourth-order valence-electron chi connectivity index (χ4n) is 4.27. The molecule has 7 nitrogen and oxygen atoms in total. The third-order valence-corrected chi connectivity index (χ3v) is 6.13. The van der Waals surface area contributed by atoms with Crippen LogP contribution < -0.4 is 0 Å². The minimum atomic E-state index is -0.749. The van der Waals surface area contributed by atoms with Gasteiger partial charge in [0.1, 0.15) is 31.0 Å². The second-order valence-electron chi connectivity index (χ2n) is 8.86. The molecule has 0 aliphatic carbocycles. The summed E-state index contributed by atoms with van der Waals surface area (Å²) < 4.78 is 36.5. The summed E-state index contributed by atoms with van der Waals surface area (Å²) in [7, 11) is 1.56. The Balaban J connectivity index is 1.60. The van der Waals surface area contributed by atoms with Crippen molar-refractivity contribution in [2.45, 2.75) is 57.5 Å². The summed E-state index contributed by atoms with van der Waals surface area (Å²) in [6, 6.07) is 29.7. The lowest BCUT2D eigenvalue weighted by Gasteiger charge is -2.45. The number of esters is 1. The maximum absolute atomic E-state index is 11.6. The molecule has 0 aromatic heterocycles. The van der Waals surface area contributed by atoms with Crippen LogP contribution in [0.4, 0.5) is 0 Å². The summed E-state index contributed by atoms with van der Waals surface area (Å²) in [5.74, 6) is -0.399. The number of ether oxygens (including phenoxy) is 6. The van der Waals surface area contributed by atoms with Crippen LogP contribution in [0.1, 0.15) is 23.6 Å². The molecule has 4 rings (SSSR count). The normalized spacial score (nSPS) is 23.5. The zero-order valence-electron chi connectivity index (χ0n) is 21.2. The van der Waals surface area contributed by atoms with Crippen LogP contribution in [0.25, 0.3) is 0 Å². The average molecular weight is 507 g/mol. The zero-order chi connectivity index (χ0) is 25.9. The lowest BCUT2D eigenvalue weighted by Crippen LogP contribution is -2.61. The number of benzene rings is 3. The Labute approximate surface area is 218 Å². The molecule has 0 amide bonds. The Bertz CT molecular complexity index is 1060. The highest BCUT2D eigenvalue weighted by atomic mass is 16.7. The van der Waals surface area contributed by atoms with Gasteiger partial charge in [-0.25, -0.2) is 0 Å². The quantitative estimate of drug-likeness (QED) is 0.331. The van der Waals surface area contributed by atoms with Crippen molar-refractivity contribution in [1.82, 2.24) is 0 Å². The number of carbonyl (C=O) groups excluding carboxylic acids is 1. The van der Waals surface area contributed by atoms with Crippen molar-refractivity contribution < 1.29 is 33.2 Å². The topological polar surface area (TPSA) is 72.5 Å². The Morgan fingerprint density at radius 1 is 0.676 bits per heavy atom. The van der Waals surface area contributed by atoms with E-state index in [4.69, 9.17) is 28.4 Å². The second kappa shape index (κ2) is 14.0. The van der Waals surface area contributed by atoms with E-state index in [2.05, 4.69) is 0 Å². The molecule has 196 valence electrons. The van der Waals surface area contributed by atoms with Crippen molar-refractivity contribution in [3.05, 3.63) is 108 Å². The van der Waals surface area contributed by atoms with Crippen LogP contribution in [-0.2, 0) is 53.0 Å². The number of hydrogen-bond acceptors (Lipinski definition) is 7. The summed E-state index contributed by atoms with van der Waals surface area (Å²) in [5, 5.41) is 0. The van der Waals surface area contributed by atoms with Gasteiger partial charge < -0.3 is 28.4 Å². The molecule has 0 N–H and O–H groups in total. The molecule has 0 radical (unpaired) electrons. The minimum absolute atomic E-state index is 0.00521. The van der Waals surface area contributed by atoms with Gasteiger partial charge in [0.15, 0.2) is 6.29 Å². The molecule has 5 atom stereocenters. The summed E-state index contributed by atoms with van der Waals surface area (Å²) in [5.41, 5.74) is 3.04. The van der Waals surface area contributed by atoms with E-state index in [0.717, 1.165) is 16.7 Å².